The van der Waals surface area contributed by atoms with Gasteiger partial charge in [-0.1, -0.05) is 12.1 Å². The summed E-state index contributed by atoms with van der Waals surface area (Å²) in [6.45, 7) is 6.98. The third-order valence-corrected chi connectivity index (χ3v) is 6.48. The molecule has 1 aromatic carbocycles. The molecule has 1 aliphatic heterocycles. The summed E-state index contributed by atoms with van der Waals surface area (Å²) in [6.07, 6.45) is 5.71. The third kappa shape index (κ3) is 2.43. The molecule has 0 unspecified atom stereocenters. The largest absolute Gasteiger partial charge is 0.507 e. The second-order valence-corrected chi connectivity index (χ2v) is 9.03. The lowest BCUT2D eigenvalue weighted by molar-refractivity contribution is 0.341. The number of terminal acetylenes is 1. The number of aromatic hydroxyl groups is 1. The van der Waals surface area contributed by atoms with Crippen molar-refractivity contribution >= 4 is 10.0 Å². The van der Waals surface area contributed by atoms with Crippen LogP contribution in [-0.4, -0.2) is 22.6 Å². The highest BCUT2D eigenvalue weighted by atomic mass is 32.2. The van der Waals surface area contributed by atoms with Gasteiger partial charge >= 0.3 is 0 Å². The number of aryl methyl sites for hydroxylation is 1. The molecule has 1 aromatic rings. The van der Waals surface area contributed by atoms with Crippen molar-refractivity contribution in [2.45, 2.75) is 51.4 Å². The van der Waals surface area contributed by atoms with E-state index in [-0.39, 0.29) is 12.3 Å². The van der Waals surface area contributed by atoms with Crippen LogP contribution in [0.2, 0.25) is 0 Å². The van der Waals surface area contributed by atoms with E-state index in [1.165, 1.54) is 4.31 Å². The van der Waals surface area contributed by atoms with E-state index in [9.17, 15) is 13.5 Å². The van der Waals surface area contributed by atoms with E-state index in [1.54, 1.807) is 33.8 Å². The molecule has 0 aliphatic carbocycles. The van der Waals surface area contributed by atoms with Gasteiger partial charge in [-0.25, -0.2) is 8.42 Å². The molecule has 0 saturated heterocycles. The number of nitrogens with zero attached hydrogens (tertiary/aromatic N) is 1. The zero-order valence-corrected chi connectivity index (χ0v) is 13.7. The number of rotatable bonds is 2. The minimum atomic E-state index is -3.52. The molecule has 1 aliphatic rings. The Kier molecular flexibility index (Phi) is 3.81. The number of phenols is 1. The monoisotopic (exact) mass is 307 g/mol. The van der Waals surface area contributed by atoms with Crippen LogP contribution in [0, 0.1) is 19.3 Å². The topological polar surface area (TPSA) is 57.6 Å². The van der Waals surface area contributed by atoms with Gasteiger partial charge in [-0.15, -0.1) is 12.3 Å². The minimum absolute atomic E-state index is 0.168. The maximum atomic E-state index is 12.8. The molecular weight excluding hydrogens is 286 g/mol. The highest BCUT2D eigenvalue weighted by molar-refractivity contribution is 7.90. The first-order valence-corrected chi connectivity index (χ1v) is 8.31. The second kappa shape index (κ2) is 5.04. The van der Waals surface area contributed by atoms with Crippen molar-refractivity contribution in [2.75, 3.05) is 0 Å². The van der Waals surface area contributed by atoms with E-state index >= 15 is 0 Å². The van der Waals surface area contributed by atoms with Crippen molar-refractivity contribution in [1.82, 2.24) is 4.31 Å². The predicted molar refractivity (Wildman–Crippen MR) is 83.3 cm³/mol. The van der Waals surface area contributed by atoms with Gasteiger partial charge in [0.15, 0.2) is 0 Å². The summed E-state index contributed by atoms with van der Waals surface area (Å²) >= 11 is 0. The fourth-order valence-corrected chi connectivity index (χ4v) is 4.12. The lowest BCUT2D eigenvalue weighted by atomic mass is 10.00. The van der Waals surface area contributed by atoms with Gasteiger partial charge in [0.05, 0.1) is 10.8 Å². The van der Waals surface area contributed by atoms with E-state index in [1.807, 2.05) is 6.07 Å². The third-order valence-electron chi connectivity index (χ3n) is 3.94. The van der Waals surface area contributed by atoms with Crippen molar-refractivity contribution in [3.05, 3.63) is 28.8 Å². The predicted octanol–water partition coefficient (Wildman–Crippen LogP) is 2.71. The first kappa shape index (κ1) is 15.9. The van der Waals surface area contributed by atoms with Crippen LogP contribution in [-0.2, 0) is 16.6 Å². The van der Waals surface area contributed by atoms with Crippen LogP contribution in [0.1, 0.15) is 49.9 Å². The number of fused-ring (bicyclic) bond motifs is 1. The molecule has 0 bridgehead atoms. The van der Waals surface area contributed by atoms with Crippen molar-refractivity contribution in [3.63, 3.8) is 0 Å². The van der Waals surface area contributed by atoms with Crippen LogP contribution in [0.15, 0.2) is 12.1 Å². The molecule has 1 heterocycles. The first-order chi connectivity index (χ1) is 9.61. The summed E-state index contributed by atoms with van der Waals surface area (Å²) in [7, 11) is -3.52. The van der Waals surface area contributed by atoms with Crippen LogP contribution >= 0.6 is 0 Å². The Morgan fingerprint density at radius 2 is 2.05 bits per heavy atom. The molecule has 2 rings (SSSR count). The molecule has 0 amide bonds. The Bertz CT molecular complexity index is 708. The van der Waals surface area contributed by atoms with E-state index < -0.39 is 20.8 Å². The maximum Gasteiger partial charge on any atom is 0.219 e. The van der Waals surface area contributed by atoms with Gasteiger partial charge in [-0.2, -0.15) is 4.31 Å². The van der Waals surface area contributed by atoms with Crippen LogP contribution in [0.5, 0.6) is 5.75 Å². The zero-order valence-electron chi connectivity index (χ0n) is 12.8. The van der Waals surface area contributed by atoms with Gasteiger partial charge in [0.2, 0.25) is 10.0 Å². The molecule has 5 heteroatoms. The van der Waals surface area contributed by atoms with Crippen molar-refractivity contribution in [2.24, 2.45) is 0 Å². The van der Waals surface area contributed by atoms with Crippen LogP contribution in [0.3, 0.4) is 0 Å². The average molecular weight is 307 g/mol. The zero-order chi connectivity index (χ0) is 16.0. The van der Waals surface area contributed by atoms with Gasteiger partial charge in [-0.05, 0) is 38.8 Å². The van der Waals surface area contributed by atoms with Crippen LogP contribution in [0.4, 0.5) is 0 Å². The lowest BCUT2D eigenvalue weighted by Crippen LogP contribution is -2.41. The summed E-state index contributed by atoms with van der Waals surface area (Å²) in [5.41, 5.74) is 2.22. The lowest BCUT2D eigenvalue weighted by Gasteiger charge is -2.30. The number of sulfonamides is 1. The van der Waals surface area contributed by atoms with Crippen LogP contribution < -0.4 is 0 Å². The molecule has 114 valence electrons. The molecule has 0 aromatic heterocycles. The first-order valence-electron chi connectivity index (χ1n) is 6.87. The maximum absolute atomic E-state index is 12.8. The van der Waals surface area contributed by atoms with Gasteiger partial charge in [-0.3, -0.25) is 0 Å². The van der Waals surface area contributed by atoms with Crippen molar-refractivity contribution < 1.29 is 13.5 Å². The van der Waals surface area contributed by atoms with Gasteiger partial charge in [0.1, 0.15) is 5.75 Å². The van der Waals surface area contributed by atoms with Crippen molar-refractivity contribution in [1.29, 1.82) is 0 Å². The Morgan fingerprint density at radius 1 is 1.43 bits per heavy atom. The Balaban J connectivity index is 2.58. The average Bonchev–Trinajstić information content (AvgIpc) is 2.73. The smallest absolute Gasteiger partial charge is 0.219 e. The summed E-state index contributed by atoms with van der Waals surface area (Å²) < 4.78 is 26.1. The van der Waals surface area contributed by atoms with E-state index in [0.717, 1.165) is 11.1 Å². The van der Waals surface area contributed by atoms with Crippen LogP contribution in [0.25, 0.3) is 0 Å². The Labute approximate surface area is 126 Å². The molecule has 1 N–H and O–H groups in total. The number of benzene rings is 1. The highest BCUT2D eigenvalue weighted by Gasteiger charge is 2.44. The molecule has 0 radical (unpaired) electrons. The Morgan fingerprint density at radius 3 is 2.57 bits per heavy atom. The minimum Gasteiger partial charge on any atom is -0.507 e. The standard InChI is InChI=1S/C16H21NO3S/c1-6-7-14-12-9-8-11(2)15(18)13(12)10-17(14)21(19,20)16(3,4)5/h1,8-9,14,18H,7,10H2,2-5H3/t14-/m0/s1. The molecule has 0 saturated carbocycles. The number of phenolic OH excluding ortho intramolecular Hbond substituents is 1. The summed E-state index contributed by atoms with van der Waals surface area (Å²) in [5.74, 6) is 2.72. The van der Waals surface area contributed by atoms with E-state index in [2.05, 4.69) is 5.92 Å². The number of hydrogen-bond donors (Lipinski definition) is 1. The fourth-order valence-electron chi connectivity index (χ4n) is 2.60. The summed E-state index contributed by atoms with van der Waals surface area (Å²) in [5, 5.41) is 10.2. The van der Waals surface area contributed by atoms with Gasteiger partial charge in [0, 0.05) is 18.5 Å². The van der Waals surface area contributed by atoms with Gasteiger partial charge in [0.25, 0.3) is 0 Å². The van der Waals surface area contributed by atoms with Crippen molar-refractivity contribution in [3.8, 4) is 18.1 Å². The van der Waals surface area contributed by atoms with Gasteiger partial charge < -0.3 is 5.11 Å². The number of hydrogen-bond acceptors (Lipinski definition) is 3. The highest BCUT2D eigenvalue weighted by Crippen LogP contribution is 2.44. The molecule has 21 heavy (non-hydrogen) atoms. The molecular formula is C16H21NO3S. The SMILES string of the molecule is C#CC[C@H]1c2ccc(C)c(O)c2CN1S(=O)(=O)C(C)(C)C. The normalized spacial score (nSPS) is 19.3. The van der Waals surface area contributed by atoms with E-state index in [4.69, 9.17) is 6.42 Å². The molecule has 0 spiro atoms. The molecule has 0 fully saturated rings. The summed E-state index contributed by atoms with van der Waals surface area (Å²) in [6, 6.07) is 3.26. The Hall–Kier alpha value is -1.51. The molecule has 4 nitrogen and oxygen atoms in total. The summed E-state index contributed by atoms with van der Waals surface area (Å²) in [4.78, 5) is 0. The fraction of sp³-hybridized carbons (Fsp3) is 0.500. The van der Waals surface area contributed by atoms with E-state index in [0.29, 0.717) is 12.0 Å². The second-order valence-electron chi connectivity index (χ2n) is 6.39. The quantitative estimate of drug-likeness (QED) is 0.855. The molecule has 1 atom stereocenters.